The molecule has 0 aliphatic rings. The van der Waals surface area contributed by atoms with Gasteiger partial charge in [0.25, 0.3) is 0 Å². The predicted molar refractivity (Wildman–Crippen MR) is 121 cm³/mol. The molecule has 152 valence electrons. The van der Waals surface area contributed by atoms with Crippen molar-refractivity contribution in [2.75, 3.05) is 13.7 Å². The molecular weight excluding hydrogens is 429 g/mol. The first kappa shape index (κ1) is 21.8. The van der Waals surface area contributed by atoms with Crippen LogP contribution in [0, 0.1) is 0 Å². The lowest BCUT2D eigenvalue weighted by Gasteiger charge is -2.14. The summed E-state index contributed by atoms with van der Waals surface area (Å²) in [5, 5.41) is 5.06. The largest absolute Gasteiger partial charge is 0.493 e. The zero-order valence-electron chi connectivity index (χ0n) is 16.1. The molecule has 0 heterocycles. The summed E-state index contributed by atoms with van der Waals surface area (Å²) in [7, 11) is 1.61. The normalized spacial score (nSPS) is 10.8. The third-order valence-corrected chi connectivity index (χ3v) is 5.55. The molecule has 3 nitrogen and oxygen atoms in total. The second-order valence-corrected chi connectivity index (χ2v) is 7.77. The topological polar surface area (TPSA) is 30.5 Å². The van der Waals surface area contributed by atoms with Crippen LogP contribution in [0.15, 0.2) is 60.7 Å². The molecule has 0 spiro atoms. The monoisotopic (exact) mass is 449 g/mol. The van der Waals surface area contributed by atoms with Crippen molar-refractivity contribution in [3.05, 3.63) is 92.4 Å². The van der Waals surface area contributed by atoms with Gasteiger partial charge in [-0.25, -0.2) is 0 Å². The number of ether oxygens (including phenoxy) is 2. The number of methoxy groups -OCH3 is 1. The van der Waals surface area contributed by atoms with Crippen molar-refractivity contribution < 1.29 is 9.47 Å². The molecule has 0 aliphatic carbocycles. The zero-order chi connectivity index (χ0) is 20.6. The molecule has 0 amide bonds. The first-order valence-electron chi connectivity index (χ1n) is 9.24. The van der Waals surface area contributed by atoms with E-state index in [9.17, 15) is 0 Å². The van der Waals surface area contributed by atoms with E-state index in [2.05, 4.69) is 17.4 Å². The van der Waals surface area contributed by atoms with Crippen molar-refractivity contribution in [1.29, 1.82) is 0 Å². The second-order valence-electron chi connectivity index (χ2n) is 6.54. The maximum atomic E-state index is 6.47. The third kappa shape index (κ3) is 6.28. The van der Waals surface area contributed by atoms with Gasteiger partial charge in [-0.3, -0.25) is 0 Å². The maximum Gasteiger partial charge on any atom is 0.163 e. The molecule has 0 aliphatic heterocycles. The van der Waals surface area contributed by atoms with Crippen molar-refractivity contribution in [2.24, 2.45) is 0 Å². The first-order chi connectivity index (χ1) is 14.1. The maximum absolute atomic E-state index is 6.47. The number of nitrogens with one attached hydrogen (secondary N) is 1. The van der Waals surface area contributed by atoms with E-state index in [0.29, 0.717) is 39.7 Å². The van der Waals surface area contributed by atoms with Crippen LogP contribution >= 0.6 is 34.8 Å². The minimum atomic E-state index is 0.332. The summed E-state index contributed by atoms with van der Waals surface area (Å²) in [5.41, 5.74) is 3.16. The van der Waals surface area contributed by atoms with Gasteiger partial charge in [-0.1, -0.05) is 71.2 Å². The molecule has 29 heavy (non-hydrogen) atoms. The summed E-state index contributed by atoms with van der Waals surface area (Å²) in [4.78, 5) is 0. The molecular formula is C23H22Cl3NO2. The number of hydrogen-bond acceptors (Lipinski definition) is 3. The molecule has 0 aromatic heterocycles. The summed E-state index contributed by atoms with van der Waals surface area (Å²) in [6, 6.07) is 19.5. The zero-order valence-corrected chi connectivity index (χ0v) is 18.3. The number of benzene rings is 3. The van der Waals surface area contributed by atoms with Crippen LogP contribution in [-0.4, -0.2) is 13.7 Å². The number of rotatable bonds is 9. The molecule has 0 unspecified atom stereocenters. The van der Waals surface area contributed by atoms with Gasteiger partial charge in [0.1, 0.15) is 6.61 Å². The molecule has 3 aromatic rings. The Morgan fingerprint density at radius 1 is 0.793 bits per heavy atom. The van der Waals surface area contributed by atoms with E-state index in [1.54, 1.807) is 25.3 Å². The lowest BCUT2D eigenvalue weighted by Crippen LogP contribution is -2.17. The van der Waals surface area contributed by atoms with Gasteiger partial charge in [0.15, 0.2) is 11.5 Å². The molecule has 3 aromatic carbocycles. The summed E-state index contributed by atoms with van der Waals surface area (Å²) in [6.45, 7) is 1.84. The Labute approximate surface area is 186 Å². The van der Waals surface area contributed by atoms with Gasteiger partial charge in [0.2, 0.25) is 0 Å². The highest BCUT2D eigenvalue weighted by atomic mass is 35.5. The standard InChI is InChI=1S/C23H22Cl3NO2/c1-28-22-12-18(14-27-10-9-16-5-3-2-4-6-16)20(25)13-23(22)29-15-17-7-8-19(24)21(26)11-17/h2-8,11-13,27H,9-10,14-15H2,1H3. The van der Waals surface area contributed by atoms with E-state index in [4.69, 9.17) is 44.3 Å². The summed E-state index contributed by atoms with van der Waals surface area (Å²) < 4.78 is 11.4. The number of hydrogen-bond donors (Lipinski definition) is 1. The van der Waals surface area contributed by atoms with Crippen LogP contribution in [0.4, 0.5) is 0 Å². The lowest BCUT2D eigenvalue weighted by molar-refractivity contribution is 0.284. The van der Waals surface area contributed by atoms with Gasteiger partial charge in [0, 0.05) is 17.6 Å². The Balaban J connectivity index is 1.59. The van der Waals surface area contributed by atoms with Gasteiger partial charge >= 0.3 is 0 Å². The first-order valence-corrected chi connectivity index (χ1v) is 10.4. The van der Waals surface area contributed by atoms with E-state index in [1.807, 2.05) is 30.3 Å². The smallest absolute Gasteiger partial charge is 0.163 e. The van der Waals surface area contributed by atoms with E-state index in [1.165, 1.54) is 5.56 Å². The van der Waals surface area contributed by atoms with Gasteiger partial charge < -0.3 is 14.8 Å². The fourth-order valence-corrected chi connectivity index (χ4v) is 3.42. The molecule has 0 radical (unpaired) electrons. The Kier molecular flexibility index (Phi) is 8.08. The van der Waals surface area contributed by atoms with E-state index in [0.717, 1.165) is 24.1 Å². The second kappa shape index (κ2) is 10.7. The van der Waals surface area contributed by atoms with Crippen molar-refractivity contribution in [3.8, 4) is 11.5 Å². The quantitative estimate of drug-likeness (QED) is 0.374. The highest BCUT2D eigenvalue weighted by Crippen LogP contribution is 2.34. The van der Waals surface area contributed by atoms with Crippen molar-refractivity contribution >= 4 is 34.8 Å². The Morgan fingerprint density at radius 2 is 1.59 bits per heavy atom. The van der Waals surface area contributed by atoms with Crippen LogP contribution in [0.1, 0.15) is 16.7 Å². The van der Waals surface area contributed by atoms with Gasteiger partial charge in [-0.15, -0.1) is 0 Å². The van der Waals surface area contributed by atoms with Crippen LogP contribution in [0.5, 0.6) is 11.5 Å². The van der Waals surface area contributed by atoms with Crippen LogP contribution in [-0.2, 0) is 19.6 Å². The average molecular weight is 451 g/mol. The third-order valence-electron chi connectivity index (χ3n) is 4.46. The Morgan fingerprint density at radius 3 is 2.31 bits per heavy atom. The molecule has 6 heteroatoms. The van der Waals surface area contributed by atoms with Crippen LogP contribution in [0.25, 0.3) is 0 Å². The minimum Gasteiger partial charge on any atom is -0.493 e. The molecule has 3 rings (SSSR count). The highest BCUT2D eigenvalue weighted by Gasteiger charge is 2.11. The fraction of sp³-hybridized carbons (Fsp3) is 0.217. The van der Waals surface area contributed by atoms with Gasteiger partial charge in [-0.2, -0.15) is 0 Å². The van der Waals surface area contributed by atoms with E-state index < -0.39 is 0 Å². The van der Waals surface area contributed by atoms with Crippen molar-refractivity contribution in [1.82, 2.24) is 5.32 Å². The fourth-order valence-electron chi connectivity index (χ4n) is 2.88. The minimum absolute atomic E-state index is 0.332. The predicted octanol–water partition coefficient (Wildman–Crippen LogP) is 6.57. The molecule has 0 saturated carbocycles. The van der Waals surface area contributed by atoms with Crippen molar-refractivity contribution in [3.63, 3.8) is 0 Å². The van der Waals surface area contributed by atoms with Gasteiger partial charge in [-0.05, 0) is 47.9 Å². The van der Waals surface area contributed by atoms with Crippen LogP contribution < -0.4 is 14.8 Å². The van der Waals surface area contributed by atoms with E-state index >= 15 is 0 Å². The van der Waals surface area contributed by atoms with E-state index in [-0.39, 0.29) is 0 Å². The SMILES string of the molecule is COc1cc(CNCCc2ccccc2)c(Cl)cc1OCc1ccc(Cl)c(Cl)c1. The summed E-state index contributed by atoms with van der Waals surface area (Å²) in [6.07, 6.45) is 0.959. The highest BCUT2D eigenvalue weighted by molar-refractivity contribution is 6.42. The van der Waals surface area contributed by atoms with Crippen LogP contribution in [0.3, 0.4) is 0 Å². The summed E-state index contributed by atoms with van der Waals surface area (Å²) in [5.74, 6) is 1.21. The van der Waals surface area contributed by atoms with Gasteiger partial charge in [0.05, 0.1) is 17.2 Å². The number of halogens is 3. The van der Waals surface area contributed by atoms with Crippen molar-refractivity contribution in [2.45, 2.75) is 19.6 Å². The Hall–Kier alpha value is -1.91. The molecule has 1 N–H and O–H groups in total. The van der Waals surface area contributed by atoms with Crippen LogP contribution in [0.2, 0.25) is 15.1 Å². The Bertz CT molecular complexity index is 948. The average Bonchev–Trinajstić information content (AvgIpc) is 2.73. The molecule has 0 bridgehead atoms. The molecule has 0 fully saturated rings. The molecule has 0 atom stereocenters. The summed E-state index contributed by atoms with van der Waals surface area (Å²) >= 11 is 18.5. The lowest BCUT2D eigenvalue weighted by atomic mass is 10.1. The molecule has 0 saturated heterocycles.